The zero-order valence-corrected chi connectivity index (χ0v) is 18.4. The molecule has 2 amide bonds. The third-order valence-corrected chi connectivity index (χ3v) is 4.95. The summed E-state index contributed by atoms with van der Waals surface area (Å²) >= 11 is 0. The SMILES string of the molecule is Cc1cccc(C)c1NC(=O)CN(C)C(=O)c1cccc(Oc2cccc(C(F)(F)F)c2)c1. The molecule has 0 unspecified atom stereocenters. The number of alkyl halides is 3. The van der Waals surface area contributed by atoms with Crippen molar-refractivity contribution in [2.45, 2.75) is 20.0 Å². The minimum atomic E-state index is -4.49. The molecule has 1 N–H and O–H groups in total. The zero-order chi connectivity index (χ0) is 24.2. The summed E-state index contributed by atoms with van der Waals surface area (Å²) in [5.41, 5.74) is 1.94. The molecule has 5 nitrogen and oxygen atoms in total. The summed E-state index contributed by atoms with van der Waals surface area (Å²) in [7, 11) is 1.49. The van der Waals surface area contributed by atoms with Crippen molar-refractivity contribution >= 4 is 17.5 Å². The molecular weight excluding hydrogens is 433 g/mol. The summed E-state index contributed by atoms with van der Waals surface area (Å²) in [5, 5.41) is 2.83. The zero-order valence-electron chi connectivity index (χ0n) is 18.4. The molecule has 0 aromatic heterocycles. The Labute approximate surface area is 189 Å². The molecule has 0 atom stereocenters. The molecule has 0 spiro atoms. The number of hydrogen-bond donors (Lipinski definition) is 1. The average molecular weight is 456 g/mol. The van der Waals surface area contributed by atoms with Gasteiger partial charge in [0.15, 0.2) is 0 Å². The number of amides is 2. The van der Waals surface area contributed by atoms with Crippen molar-refractivity contribution in [2.75, 3.05) is 18.9 Å². The fraction of sp³-hybridized carbons (Fsp3) is 0.200. The number of aryl methyl sites for hydroxylation is 2. The van der Waals surface area contributed by atoms with Crippen LogP contribution in [0.2, 0.25) is 0 Å². The highest BCUT2D eigenvalue weighted by Gasteiger charge is 2.30. The van der Waals surface area contributed by atoms with E-state index in [1.165, 1.54) is 36.2 Å². The highest BCUT2D eigenvalue weighted by molar-refractivity contribution is 5.99. The Morgan fingerprint density at radius 1 is 0.909 bits per heavy atom. The molecule has 0 aliphatic carbocycles. The van der Waals surface area contributed by atoms with Gasteiger partial charge < -0.3 is 15.0 Å². The summed E-state index contributed by atoms with van der Waals surface area (Å²) in [6, 6.07) is 16.2. The first-order chi connectivity index (χ1) is 15.5. The minimum absolute atomic E-state index is 0.00393. The van der Waals surface area contributed by atoms with Crippen LogP contribution in [0.15, 0.2) is 66.7 Å². The third-order valence-electron chi connectivity index (χ3n) is 4.95. The first-order valence-corrected chi connectivity index (χ1v) is 10.1. The maximum absolute atomic E-state index is 12.9. The van der Waals surface area contributed by atoms with E-state index in [9.17, 15) is 22.8 Å². The predicted octanol–water partition coefficient (Wildman–Crippen LogP) is 5.83. The van der Waals surface area contributed by atoms with E-state index in [0.717, 1.165) is 23.3 Å². The van der Waals surface area contributed by atoms with E-state index in [0.29, 0.717) is 5.69 Å². The van der Waals surface area contributed by atoms with Gasteiger partial charge in [0.25, 0.3) is 5.91 Å². The molecule has 33 heavy (non-hydrogen) atoms. The van der Waals surface area contributed by atoms with Crippen LogP contribution in [-0.2, 0) is 11.0 Å². The predicted molar refractivity (Wildman–Crippen MR) is 119 cm³/mol. The Bertz CT molecular complexity index is 1160. The van der Waals surface area contributed by atoms with Crippen LogP contribution in [0, 0.1) is 13.8 Å². The van der Waals surface area contributed by atoms with Crippen molar-refractivity contribution in [3.05, 3.63) is 89.0 Å². The fourth-order valence-electron chi connectivity index (χ4n) is 3.26. The number of benzene rings is 3. The molecule has 3 aromatic rings. The van der Waals surface area contributed by atoms with Crippen LogP contribution in [0.4, 0.5) is 18.9 Å². The van der Waals surface area contributed by atoms with E-state index in [-0.39, 0.29) is 29.5 Å². The Balaban J connectivity index is 1.68. The van der Waals surface area contributed by atoms with E-state index in [1.807, 2.05) is 32.0 Å². The molecule has 0 saturated heterocycles. The van der Waals surface area contributed by atoms with Gasteiger partial charge in [0.2, 0.25) is 5.91 Å². The number of ether oxygens (including phenoxy) is 1. The first-order valence-electron chi connectivity index (χ1n) is 10.1. The molecule has 172 valence electrons. The van der Waals surface area contributed by atoms with Crippen molar-refractivity contribution in [3.8, 4) is 11.5 Å². The number of carbonyl (C=O) groups is 2. The summed E-state index contributed by atoms with van der Waals surface area (Å²) in [6.07, 6.45) is -4.49. The molecule has 3 aromatic carbocycles. The van der Waals surface area contributed by atoms with Gasteiger partial charge in [0.1, 0.15) is 11.5 Å². The second-order valence-corrected chi connectivity index (χ2v) is 7.63. The standard InChI is InChI=1S/C25H23F3N2O3/c1-16-7-4-8-17(2)23(16)29-22(31)15-30(3)24(32)18-9-5-11-20(13-18)33-21-12-6-10-19(14-21)25(26,27)28/h4-14H,15H2,1-3H3,(H,29,31). The normalized spacial score (nSPS) is 11.1. The van der Waals surface area contributed by atoms with Crippen LogP contribution in [0.25, 0.3) is 0 Å². The summed E-state index contributed by atoms with van der Waals surface area (Å²) < 4.78 is 44.3. The van der Waals surface area contributed by atoms with Gasteiger partial charge in [-0.15, -0.1) is 0 Å². The second-order valence-electron chi connectivity index (χ2n) is 7.63. The van der Waals surface area contributed by atoms with E-state index in [2.05, 4.69) is 5.32 Å². The van der Waals surface area contributed by atoms with Gasteiger partial charge in [-0.25, -0.2) is 0 Å². The van der Waals surface area contributed by atoms with Crippen molar-refractivity contribution in [3.63, 3.8) is 0 Å². The molecule has 8 heteroatoms. The smallest absolute Gasteiger partial charge is 0.416 e. The van der Waals surface area contributed by atoms with Crippen LogP contribution in [0.1, 0.15) is 27.0 Å². The largest absolute Gasteiger partial charge is 0.457 e. The van der Waals surface area contributed by atoms with E-state index < -0.39 is 17.6 Å². The van der Waals surface area contributed by atoms with Crippen LogP contribution in [0.3, 0.4) is 0 Å². The number of carbonyl (C=O) groups excluding carboxylic acids is 2. The van der Waals surface area contributed by atoms with Gasteiger partial charge >= 0.3 is 6.18 Å². The minimum Gasteiger partial charge on any atom is -0.457 e. The lowest BCUT2D eigenvalue weighted by Crippen LogP contribution is -2.35. The summed E-state index contributed by atoms with van der Waals surface area (Å²) in [6.45, 7) is 3.59. The molecule has 0 heterocycles. The van der Waals surface area contributed by atoms with E-state index in [1.54, 1.807) is 12.1 Å². The molecule has 0 fully saturated rings. The maximum Gasteiger partial charge on any atom is 0.416 e. The quantitative estimate of drug-likeness (QED) is 0.508. The third kappa shape index (κ3) is 6.12. The summed E-state index contributed by atoms with van der Waals surface area (Å²) in [4.78, 5) is 26.5. The van der Waals surface area contributed by atoms with Crippen LogP contribution >= 0.6 is 0 Å². The fourth-order valence-corrected chi connectivity index (χ4v) is 3.26. The number of rotatable bonds is 6. The Hall–Kier alpha value is -3.81. The van der Waals surface area contributed by atoms with Gasteiger partial charge in [-0.3, -0.25) is 9.59 Å². The molecule has 0 bridgehead atoms. The molecule has 0 radical (unpaired) electrons. The van der Waals surface area contributed by atoms with E-state index in [4.69, 9.17) is 4.74 Å². The van der Waals surface area contributed by atoms with Crippen LogP contribution < -0.4 is 10.1 Å². The van der Waals surface area contributed by atoms with Gasteiger partial charge in [0.05, 0.1) is 12.1 Å². The Kier molecular flexibility index (Phi) is 7.06. The molecule has 0 saturated carbocycles. The number of nitrogens with one attached hydrogen (secondary N) is 1. The lowest BCUT2D eigenvalue weighted by molar-refractivity contribution is -0.137. The lowest BCUT2D eigenvalue weighted by atomic mass is 10.1. The van der Waals surface area contributed by atoms with Gasteiger partial charge in [-0.05, 0) is 61.4 Å². The van der Waals surface area contributed by atoms with Crippen molar-refractivity contribution in [2.24, 2.45) is 0 Å². The molecular formula is C25H23F3N2O3. The van der Waals surface area contributed by atoms with Gasteiger partial charge in [-0.1, -0.05) is 30.3 Å². The molecule has 3 rings (SSSR count). The number of halogens is 3. The average Bonchev–Trinajstić information content (AvgIpc) is 2.75. The lowest BCUT2D eigenvalue weighted by Gasteiger charge is -2.18. The summed E-state index contributed by atoms with van der Waals surface area (Å²) in [5.74, 6) is -0.579. The highest BCUT2D eigenvalue weighted by Crippen LogP contribution is 2.32. The number of nitrogens with zero attached hydrogens (tertiary/aromatic N) is 1. The van der Waals surface area contributed by atoms with Gasteiger partial charge in [-0.2, -0.15) is 13.2 Å². The van der Waals surface area contributed by atoms with Crippen molar-refractivity contribution in [1.82, 2.24) is 4.90 Å². The number of para-hydroxylation sites is 1. The molecule has 0 aliphatic heterocycles. The topological polar surface area (TPSA) is 58.6 Å². The first kappa shape index (κ1) is 23.8. The Morgan fingerprint density at radius 2 is 1.48 bits per heavy atom. The van der Waals surface area contributed by atoms with Crippen molar-refractivity contribution in [1.29, 1.82) is 0 Å². The molecule has 0 aliphatic rings. The van der Waals surface area contributed by atoms with Gasteiger partial charge in [0, 0.05) is 18.3 Å². The monoisotopic (exact) mass is 456 g/mol. The Morgan fingerprint density at radius 3 is 2.12 bits per heavy atom. The number of likely N-dealkylation sites (N-methyl/N-ethyl adjacent to an activating group) is 1. The second kappa shape index (κ2) is 9.77. The maximum atomic E-state index is 12.9. The van der Waals surface area contributed by atoms with Crippen LogP contribution in [0.5, 0.6) is 11.5 Å². The number of anilines is 1. The highest BCUT2D eigenvalue weighted by atomic mass is 19.4. The van der Waals surface area contributed by atoms with E-state index >= 15 is 0 Å². The van der Waals surface area contributed by atoms with Crippen LogP contribution in [-0.4, -0.2) is 30.3 Å². The van der Waals surface area contributed by atoms with Crippen molar-refractivity contribution < 1.29 is 27.5 Å². The number of hydrogen-bond acceptors (Lipinski definition) is 3.